The first-order valence-corrected chi connectivity index (χ1v) is 5.02. The third kappa shape index (κ3) is 1.37. The van der Waals surface area contributed by atoms with E-state index in [0.29, 0.717) is 5.41 Å². The van der Waals surface area contributed by atoms with Gasteiger partial charge >= 0.3 is 0 Å². The van der Waals surface area contributed by atoms with Crippen LogP contribution in [0.5, 0.6) is 0 Å². The molecular formula is C12H17N. The van der Waals surface area contributed by atoms with Gasteiger partial charge in [-0.1, -0.05) is 37.3 Å². The van der Waals surface area contributed by atoms with Gasteiger partial charge in [0, 0.05) is 12.0 Å². The van der Waals surface area contributed by atoms with Crippen LogP contribution in [0.2, 0.25) is 0 Å². The zero-order chi connectivity index (χ0) is 9.31. The molecule has 70 valence electrons. The lowest BCUT2D eigenvalue weighted by atomic mass is 9.59. The molecule has 0 amide bonds. The van der Waals surface area contributed by atoms with Crippen LogP contribution in [0.25, 0.3) is 0 Å². The Kier molecular flexibility index (Phi) is 2.12. The molecule has 0 atom stereocenters. The Labute approximate surface area is 80.0 Å². The van der Waals surface area contributed by atoms with Crippen LogP contribution in [0.3, 0.4) is 0 Å². The van der Waals surface area contributed by atoms with Gasteiger partial charge in [0.25, 0.3) is 0 Å². The molecule has 1 aromatic rings. The molecule has 2 rings (SSSR count). The fourth-order valence-corrected chi connectivity index (χ4v) is 2.59. The van der Waals surface area contributed by atoms with Crippen LogP contribution in [-0.4, -0.2) is 6.54 Å². The van der Waals surface area contributed by atoms with Crippen LogP contribution in [0.4, 0.5) is 0 Å². The lowest BCUT2D eigenvalue weighted by Crippen LogP contribution is -2.46. The molecule has 2 N–H and O–H groups in total. The Hall–Kier alpha value is -0.820. The van der Waals surface area contributed by atoms with Crippen LogP contribution < -0.4 is 5.73 Å². The highest BCUT2D eigenvalue weighted by molar-refractivity contribution is 5.29. The third-order valence-electron chi connectivity index (χ3n) is 3.26. The first kappa shape index (κ1) is 8.76. The first-order valence-electron chi connectivity index (χ1n) is 5.02. The van der Waals surface area contributed by atoms with E-state index in [2.05, 4.69) is 37.3 Å². The van der Waals surface area contributed by atoms with Gasteiger partial charge in [-0.25, -0.2) is 0 Å². The molecule has 1 saturated carbocycles. The van der Waals surface area contributed by atoms with Crippen molar-refractivity contribution in [3.05, 3.63) is 35.9 Å². The second-order valence-electron chi connectivity index (χ2n) is 4.36. The van der Waals surface area contributed by atoms with E-state index in [1.165, 1.54) is 18.4 Å². The molecule has 0 spiro atoms. The molecule has 1 fully saturated rings. The average molecular weight is 175 g/mol. The molecule has 1 aromatic carbocycles. The van der Waals surface area contributed by atoms with E-state index in [0.717, 1.165) is 12.5 Å². The average Bonchev–Trinajstić information content (AvgIpc) is 2.14. The Balaban J connectivity index is 2.24. The van der Waals surface area contributed by atoms with Gasteiger partial charge in [0.15, 0.2) is 0 Å². The van der Waals surface area contributed by atoms with Crippen LogP contribution in [0.15, 0.2) is 30.3 Å². The van der Waals surface area contributed by atoms with Gasteiger partial charge < -0.3 is 5.73 Å². The van der Waals surface area contributed by atoms with E-state index in [1.54, 1.807) is 0 Å². The molecule has 1 heteroatoms. The minimum atomic E-state index is 0.306. The van der Waals surface area contributed by atoms with Crippen LogP contribution in [0, 0.1) is 5.92 Å². The monoisotopic (exact) mass is 175 g/mol. The quantitative estimate of drug-likeness (QED) is 0.733. The molecule has 0 radical (unpaired) electrons. The third-order valence-corrected chi connectivity index (χ3v) is 3.26. The minimum Gasteiger partial charge on any atom is -0.330 e. The summed E-state index contributed by atoms with van der Waals surface area (Å²) in [5.74, 6) is 0.851. The molecule has 0 unspecified atom stereocenters. The van der Waals surface area contributed by atoms with Crippen molar-refractivity contribution in [1.82, 2.24) is 0 Å². The van der Waals surface area contributed by atoms with Gasteiger partial charge in [-0.05, 0) is 24.3 Å². The summed E-state index contributed by atoms with van der Waals surface area (Å²) in [4.78, 5) is 0. The summed E-state index contributed by atoms with van der Waals surface area (Å²) in [5, 5.41) is 0. The van der Waals surface area contributed by atoms with Gasteiger partial charge in [-0.15, -0.1) is 0 Å². The van der Waals surface area contributed by atoms with Crippen molar-refractivity contribution >= 4 is 0 Å². The Morgan fingerprint density at radius 3 is 2.38 bits per heavy atom. The molecule has 1 nitrogen and oxygen atoms in total. The summed E-state index contributed by atoms with van der Waals surface area (Å²) < 4.78 is 0. The number of rotatable bonds is 2. The van der Waals surface area contributed by atoms with Crippen LogP contribution >= 0.6 is 0 Å². The summed E-state index contributed by atoms with van der Waals surface area (Å²) in [7, 11) is 0. The maximum atomic E-state index is 5.86. The predicted molar refractivity (Wildman–Crippen MR) is 55.6 cm³/mol. The van der Waals surface area contributed by atoms with Crippen LogP contribution in [-0.2, 0) is 5.41 Å². The first-order chi connectivity index (χ1) is 6.27. The molecule has 1 aliphatic carbocycles. The van der Waals surface area contributed by atoms with E-state index in [-0.39, 0.29) is 0 Å². The molecule has 0 bridgehead atoms. The predicted octanol–water partition coefficient (Wildman–Crippen LogP) is 2.31. The smallest absolute Gasteiger partial charge is 0.00806 e. The maximum absolute atomic E-state index is 5.86. The fraction of sp³-hybridized carbons (Fsp3) is 0.500. The summed E-state index contributed by atoms with van der Waals surface area (Å²) in [5.41, 5.74) is 7.60. The van der Waals surface area contributed by atoms with Crippen LogP contribution in [0.1, 0.15) is 25.3 Å². The Morgan fingerprint density at radius 1 is 1.31 bits per heavy atom. The topological polar surface area (TPSA) is 26.0 Å². The van der Waals surface area contributed by atoms with E-state index in [4.69, 9.17) is 5.73 Å². The molecule has 0 heterocycles. The van der Waals surface area contributed by atoms with Crippen molar-refractivity contribution in [2.45, 2.75) is 25.2 Å². The lowest BCUT2D eigenvalue weighted by molar-refractivity contribution is 0.165. The molecule has 0 aromatic heterocycles. The number of nitrogens with two attached hydrogens (primary N) is 1. The highest BCUT2D eigenvalue weighted by atomic mass is 14.6. The maximum Gasteiger partial charge on any atom is 0.00806 e. The second-order valence-corrected chi connectivity index (χ2v) is 4.36. The number of hydrogen-bond donors (Lipinski definition) is 1. The van der Waals surface area contributed by atoms with Crippen molar-refractivity contribution in [1.29, 1.82) is 0 Å². The highest BCUT2D eigenvalue weighted by Crippen LogP contribution is 2.46. The van der Waals surface area contributed by atoms with Gasteiger partial charge in [-0.3, -0.25) is 0 Å². The number of hydrogen-bond acceptors (Lipinski definition) is 1. The van der Waals surface area contributed by atoms with Gasteiger partial charge in [0.1, 0.15) is 0 Å². The number of benzene rings is 1. The van der Waals surface area contributed by atoms with Crippen molar-refractivity contribution in [2.24, 2.45) is 11.7 Å². The molecule has 0 saturated heterocycles. The molecule has 13 heavy (non-hydrogen) atoms. The van der Waals surface area contributed by atoms with Crippen molar-refractivity contribution in [3.63, 3.8) is 0 Å². The van der Waals surface area contributed by atoms with E-state index in [9.17, 15) is 0 Å². The Bertz CT molecular complexity index is 272. The van der Waals surface area contributed by atoms with Gasteiger partial charge in [0.05, 0.1) is 0 Å². The van der Waals surface area contributed by atoms with E-state index in [1.807, 2.05) is 0 Å². The summed E-state index contributed by atoms with van der Waals surface area (Å²) in [6.07, 6.45) is 2.51. The fourth-order valence-electron chi connectivity index (χ4n) is 2.59. The molecular weight excluding hydrogens is 158 g/mol. The largest absolute Gasteiger partial charge is 0.330 e. The van der Waals surface area contributed by atoms with Gasteiger partial charge in [-0.2, -0.15) is 0 Å². The molecule has 0 aliphatic heterocycles. The highest BCUT2D eigenvalue weighted by Gasteiger charge is 2.41. The standard InChI is InChI=1S/C12H17N/c1-10-7-12(8-10,9-13)11-5-3-2-4-6-11/h2-6,10H,7-9,13H2,1H3. The van der Waals surface area contributed by atoms with E-state index < -0.39 is 0 Å². The minimum absolute atomic E-state index is 0.306. The normalized spacial score (nSPS) is 32.6. The van der Waals surface area contributed by atoms with Crippen molar-refractivity contribution < 1.29 is 0 Å². The lowest BCUT2D eigenvalue weighted by Gasteiger charge is -2.46. The van der Waals surface area contributed by atoms with Crippen molar-refractivity contribution in [2.75, 3.05) is 6.54 Å². The summed E-state index contributed by atoms with van der Waals surface area (Å²) in [6.45, 7) is 3.10. The summed E-state index contributed by atoms with van der Waals surface area (Å²) in [6, 6.07) is 10.7. The zero-order valence-corrected chi connectivity index (χ0v) is 8.16. The zero-order valence-electron chi connectivity index (χ0n) is 8.16. The second kappa shape index (κ2) is 3.15. The van der Waals surface area contributed by atoms with E-state index >= 15 is 0 Å². The Morgan fingerprint density at radius 2 is 1.92 bits per heavy atom. The SMILES string of the molecule is CC1CC(CN)(c2ccccc2)C1. The summed E-state index contributed by atoms with van der Waals surface area (Å²) >= 11 is 0. The molecule has 1 aliphatic rings. The van der Waals surface area contributed by atoms with Gasteiger partial charge in [0.2, 0.25) is 0 Å². The van der Waals surface area contributed by atoms with Crippen molar-refractivity contribution in [3.8, 4) is 0 Å².